The number of hydrogen-bond acceptors (Lipinski definition) is 3. The van der Waals surface area contributed by atoms with E-state index >= 15 is 0 Å². The number of aryl methyl sites for hydroxylation is 1. The average molecular weight is 194 g/mol. The highest BCUT2D eigenvalue weighted by Crippen LogP contribution is 2.34. The smallest absolute Gasteiger partial charge is 0.154 e. The van der Waals surface area contributed by atoms with Gasteiger partial charge >= 0.3 is 0 Å². The van der Waals surface area contributed by atoms with Crippen molar-refractivity contribution in [2.24, 2.45) is 7.05 Å². The molecule has 1 heterocycles. The van der Waals surface area contributed by atoms with Crippen LogP contribution in [-0.2, 0) is 13.5 Å². The van der Waals surface area contributed by atoms with Crippen LogP contribution in [0, 0.1) is 0 Å². The van der Waals surface area contributed by atoms with Crippen molar-refractivity contribution in [3.8, 4) is 0 Å². The van der Waals surface area contributed by atoms with E-state index in [1.54, 1.807) is 0 Å². The third-order valence-corrected chi connectivity index (χ3v) is 2.94. The van der Waals surface area contributed by atoms with Crippen LogP contribution < -0.4 is 5.32 Å². The number of hydrogen-bond donors (Lipinski definition) is 1. The Bertz CT molecular complexity index is 301. The lowest BCUT2D eigenvalue weighted by atomic mass is 9.85. The molecule has 1 N–H and O–H groups in total. The minimum atomic E-state index is 0.643. The fourth-order valence-corrected chi connectivity index (χ4v) is 1.73. The van der Waals surface area contributed by atoms with Crippen molar-refractivity contribution in [1.29, 1.82) is 0 Å². The molecular formula is C10H18N4. The molecule has 4 heteroatoms. The molecule has 1 saturated carbocycles. The van der Waals surface area contributed by atoms with Gasteiger partial charge in [-0.15, -0.1) is 0 Å². The predicted molar refractivity (Wildman–Crippen MR) is 55.2 cm³/mol. The fourth-order valence-electron chi connectivity index (χ4n) is 1.73. The van der Waals surface area contributed by atoms with Gasteiger partial charge in [-0.2, -0.15) is 5.10 Å². The molecular weight excluding hydrogens is 176 g/mol. The maximum Gasteiger partial charge on any atom is 0.154 e. The molecule has 2 rings (SSSR count). The van der Waals surface area contributed by atoms with Gasteiger partial charge in [-0.3, -0.25) is 4.68 Å². The minimum absolute atomic E-state index is 0.643. The van der Waals surface area contributed by atoms with Crippen LogP contribution in [0.15, 0.2) is 0 Å². The van der Waals surface area contributed by atoms with E-state index in [1.165, 1.54) is 19.3 Å². The molecule has 0 unspecified atom stereocenters. The van der Waals surface area contributed by atoms with Gasteiger partial charge in [0.05, 0.1) is 0 Å². The van der Waals surface area contributed by atoms with Gasteiger partial charge in [0.25, 0.3) is 0 Å². The number of aromatic nitrogens is 3. The Hall–Kier alpha value is -0.900. The van der Waals surface area contributed by atoms with Crippen LogP contribution in [0.3, 0.4) is 0 Å². The topological polar surface area (TPSA) is 42.7 Å². The molecule has 0 amide bonds. The van der Waals surface area contributed by atoms with Crippen molar-refractivity contribution >= 4 is 0 Å². The van der Waals surface area contributed by atoms with Crippen molar-refractivity contribution in [2.45, 2.75) is 31.6 Å². The lowest BCUT2D eigenvalue weighted by Crippen LogP contribution is -2.13. The first kappa shape index (κ1) is 9.65. The zero-order valence-electron chi connectivity index (χ0n) is 8.95. The van der Waals surface area contributed by atoms with E-state index in [1.807, 2.05) is 18.8 Å². The summed E-state index contributed by atoms with van der Waals surface area (Å²) in [6, 6.07) is 0. The Morgan fingerprint density at radius 3 is 2.86 bits per heavy atom. The van der Waals surface area contributed by atoms with E-state index in [4.69, 9.17) is 0 Å². The summed E-state index contributed by atoms with van der Waals surface area (Å²) >= 11 is 0. The molecule has 14 heavy (non-hydrogen) atoms. The summed E-state index contributed by atoms with van der Waals surface area (Å²) in [5.74, 6) is 2.80. The Morgan fingerprint density at radius 2 is 2.29 bits per heavy atom. The van der Waals surface area contributed by atoms with Crippen molar-refractivity contribution in [3.05, 3.63) is 11.6 Å². The van der Waals surface area contributed by atoms with Gasteiger partial charge in [0.1, 0.15) is 5.82 Å². The quantitative estimate of drug-likeness (QED) is 0.772. The number of nitrogens with one attached hydrogen (secondary N) is 1. The lowest BCUT2D eigenvalue weighted by Gasteiger charge is -2.21. The Balaban J connectivity index is 2.04. The third-order valence-electron chi connectivity index (χ3n) is 2.94. The van der Waals surface area contributed by atoms with Crippen LogP contribution in [0.25, 0.3) is 0 Å². The second kappa shape index (κ2) is 4.09. The van der Waals surface area contributed by atoms with Gasteiger partial charge < -0.3 is 5.32 Å². The number of rotatable bonds is 4. The van der Waals surface area contributed by atoms with Crippen LogP contribution in [-0.4, -0.2) is 28.4 Å². The molecule has 78 valence electrons. The zero-order chi connectivity index (χ0) is 9.97. The first-order chi connectivity index (χ1) is 6.81. The number of likely N-dealkylation sites (N-methyl/N-ethyl adjacent to an activating group) is 1. The molecule has 0 aromatic carbocycles. The van der Waals surface area contributed by atoms with E-state index in [0.29, 0.717) is 5.92 Å². The normalized spacial score (nSPS) is 17.0. The maximum atomic E-state index is 4.58. The van der Waals surface area contributed by atoms with E-state index in [0.717, 1.165) is 24.6 Å². The van der Waals surface area contributed by atoms with Crippen LogP contribution in [0.5, 0.6) is 0 Å². The monoisotopic (exact) mass is 194 g/mol. The first-order valence-electron chi connectivity index (χ1n) is 5.35. The highest BCUT2D eigenvalue weighted by atomic mass is 15.3. The summed E-state index contributed by atoms with van der Waals surface area (Å²) in [7, 11) is 3.95. The predicted octanol–water partition coefficient (Wildman–Crippen LogP) is 0.844. The van der Waals surface area contributed by atoms with Gasteiger partial charge in [0.2, 0.25) is 0 Å². The number of nitrogens with zero attached hydrogens (tertiary/aromatic N) is 3. The summed E-state index contributed by atoms with van der Waals surface area (Å²) < 4.78 is 1.92. The van der Waals surface area contributed by atoms with Crippen LogP contribution in [0.1, 0.15) is 36.8 Å². The largest absolute Gasteiger partial charge is 0.319 e. The van der Waals surface area contributed by atoms with E-state index in [2.05, 4.69) is 15.4 Å². The molecule has 0 spiro atoms. The lowest BCUT2D eigenvalue weighted by molar-refractivity contribution is 0.400. The standard InChI is InChI=1S/C10H18N4/c1-11-7-6-9-12-10(13-14(9)2)8-4-3-5-8/h8,11H,3-7H2,1-2H3. The van der Waals surface area contributed by atoms with Crippen molar-refractivity contribution < 1.29 is 0 Å². The average Bonchev–Trinajstić information content (AvgIpc) is 2.40. The molecule has 1 aromatic rings. The SMILES string of the molecule is CNCCc1nc(C2CCC2)nn1C. The fraction of sp³-hybridized carbons (Fsp3) is 0.800. The molecule has 1 fully saturated rings. The molecule has 0 bridgehead atoms. The molecule has 0 saturated heterocycles. The van der Waals surface area contributed by atoms with Gasteiger partial charge in [0, 0.05) is 25.9 Å². The third kappa shape index (κ3) is 1.80. The maximum absolute atomic E-state index is 4.58. The molecule has 0 aliphatic heterocycles. The Kier molecular flexibility index (Phi) is 2.82. The summed E-state index contributed by atoms with van der Waals surface area (Å²) in [6.45, 7) is 0.969. The van der Waals surface area contributed by atoms with Gasteiger partial charge in [-0.25, -0.2) is 4.98 Å². The van der Waals surface area contributed by atoms with E-state index < -0.39 is 0 Å². The summed E-state index contributed by atoms with van der Waals surface area (Å²) in [6.07, 6.45) is 4.85. The van der Waals surface area contributed by atoms with E-state index in [-0.39, 0.29) is 0 Å². The molecule has 1 aromatic heterocycles. The van der Waals surface area contributed by atoms with E-state index in [9.17, 15) is 0 Å². The highest BCUT2D eigenvalue weighted by Gasteiger charge is 2.24. The van der Waals surface area contributed by atoms with Crippen LogP contribution in [0.2, 0.25) is 0 Å². The Morgan fingerprint density at radius 1 is 1.50 bits per heavy atom. The molecule has 1 aliphatic carbocycles. The van der Waals surface area contributed by atoms with Crippen molar-refractivity contribution in [3.63, 3.8) is 0 Å². The molecule has 0 atom stereocenters. The highest BCUT2D eigenvalue weighted by molar-refractivity contribution is 5.03. The van der Waals surface area contributed by atoms with Gasteiger partial charge in [-0.05, 0) is 19.9 Å². The summed E-state index contributed by atoms with van der Waals surface area (Å²) in [5.41, 5.74) is 0. The van der Waals surface area contributed by atoms with Crippen molar-refractivity contribution in [2.75, 3.05) is 13.6 Å². The van der Waals surface area contributed by atoms with Gasteiger partial charge in [0.15, 0.2) is 5.82 Å². The molecule has 0 radical (unpaired) electrons. The second-order valence-electron chi connectivity index (χ2n) is 3.99. The Labute approximate surface area is 84.7 Å². The minimum Gasteiger partial charge on any atom is -0.319 e. The van der Waals surface area contributed by atoms with Crippen LogP contribution >= 0.6 is 0 Å². The molecule has 4 nitrogen and oxygen atoms in total. The summed E-state index contributed by atoms with van der Waals surface area (Å²) in [4.78, 5) is 4.58. The second-order valence-corrected chi connectivity index (χ2v) is 3.99. The summed E-state index contributed by atoms with van der Waals surface area (Å²) in [5, 5.41) is 7.59. The first-order valence-corrected chi connectivity index (χ1v) is 5.35. The van der Waals surface area contributed by atoms with Crippen molar-refractivity contribution in [1.82, 2.24) is 20.1 Å². The zero-order valence-corrected chi connectivity index (χ0v) is 8.95. The van der Waals surface area contributed by atoms with Gasteiger partial charge in [-0.1, -0.05) is 6.42 Å². The molecule has 1 aliphatic rings. The van der Waals surface area contributed by atoms with Crippen LogP contribution in [0.4, 0.5) is 0 Å².